The summed E-state index contributed by atoms with van der Waals surface area (Å²) in [5.41, 5.74) is 10.5. The van der Waals surface area contributed by atoms with Gasteiger partial charge in [-0.25, -0.2) is 0 Å². The van der Waals surface area contributed by atoms with E-state index in [9.17, 15) is 0 Å². The first-order chi connectivity index (χ1) is 15.3. The van der Waals surface area contributed by atoms with E-state index in [0.717, 1.165) is 69.5 Å². The van der Waals surface area contributed by atoms with Gasteiger partial charge in [0.05, 0.1) is 0 Å². The van der Waals surface area contributed by atoms with E-state index in [2.05, 4.69) is 99.6 Å². The molecule has 0 aliphatic rings. The van der Waals surface area contributed by atoms with Gasteiger partial charge in [-0.3, -0.25) is 0 Å². The van der Waals surface area contributed by atoms with Crippen LogP contribution in [0, 0.1) is 12.8 Å². The number of hydrogen-bond acceptors (Lipinski definition) is 4. The molecule has 0 unspecified atom stereocenters. The van der Waals surface area contributed by atoms with Gasteiger partial charge >= 0.3 is 0 Å². The summed E-state index contributed by atoms with van der Waals surface area (Å²) in [5.74, 6) is 2.06. The molecule has 4 N–H and O–H groups in total. The van der Waals surface area contributed by atoms with E-state index in [1.165, 1.54) is 0 Å². The summed E-state index contributed by atoms with van der Waals surface area (Å²) in [6.07, 6.45) is 42.2. The van der Waals surface area contributed by atoms with Crippen molar-refractivity contribution in [1.29, 1.82) is 0 Å². The Morgan fingerprint density at radius 2 is 0.710 bits per heavy atom. The smallest absolute Gasteiger partial charge is 0.0160 e. The first-order valence-electron chi connectivity index (χ1n) is 11.2. The van der Waals surface area contributed by atoms with Gasteiger partial charge in [0.2, 0.25) is 0 Å². The largest absolute Gasteiger partial charge is 0.330 e. The fourth-order valence-electron chi connectivity index (χ4n) is 1.90. The molecule has 31 heavy (non-hydrogen) atoms. The molecule has 0 aromatic heterocycles. The number of hydrogen-bond donors (Lipinski definition) is 2. The zero-order chi connectivity index (χ0) is 23.7. The fourth-order valence-corrected chi connectivity index (χ4v) is 3.62. The van der Waals surface area contributed by atoms with Crippen LogP contribution in [0.5, 0.6) is 0 Å². The van der Waals surface area contributed by atoms with Crippen molar-refractivity contribution in [2.45, 2.75) is 58.8 Å². The lowest BCUT2D eigenvalue weighted by atomic mass is 10.2. The molecule has 0 saturated carbocycles. The molecule has 0 spiro atoms. The summed E-state index contributed by atoms with van der Waals surface area (Å²) in [6, 6.07) is 0. The van der Waals surface area contributed by atoms with Gasteiger partial charge < -0.3 is 11.5 Å². The SMILES string of the molecule is C#C.CC/C=C\C/C=C\C/C=C\C/C=C\C/C=C\C/C=C\CC.NCCSSCCN. The highest BCUT2D eigenvalue weighted by Crippen LogP contribution is 2.18. The second-order valence-electron chi connectivity index (χ2n) is 6.04. The van der Waals surface area contributed by atoms with Crippen LogP contribution in [-0.2, 0) is 0 Å². The van der Waals surface area contributed by atoms with E-state index in [-0.39, 0.29) is 0 Å². The fraction of sp³-hybridized carbons (Fsp3) is 0.481. The minimum Gasteiger partial charge on any atom is -0.330 e. The van der Waals surface area contributed by atoms with Gasteiger partial charge in [0.15, 0.2) is 0 Å². The van der Waals surface area contributed by atoms with Crippen molar-refractivity contribution in [3.63, 3.8) is 0 Å². The highest BCUT2D eigenvalue weighted by atomic mass is 33.1. The molecule has 0 saturated heterocycles. The van der Waals surface area contributed by atoms with E-state index in [4.69, 9.17) is 11.5 Å². The first-order valence-corrected chi connectivity index (χ1v) is 13.7. The predicted octanol–water partition coefficient (Wildman–Crippen LogP) is 7.63. The Morgan fingerprint density at radius 3 is 0.903 bits per heavy atom. The van der Waals surface area contributed by atoms with E-state index < -0.39 is 0 Å². The molecule has 0 fully saturated rings. The van der Waals surface area contributed by atoms with Gasteiger partial charge in [-0.1, -0.05) is 108 Å². The van der Waals surface area contributed by atoms with Crippen LogP contribution in [0.15, 0.2) is 72.9 Å². The molecule has 0 bridgehead atoms. The van der Waals surface area contributed by atoms with Gasteiger partial charge in [0, 0.05) is 24.6 Å². The van der Waals surface area contributed by atoms with Crippen LogP contribution in [0.2, 0.25) is 0 Å². The van der Waals surface area contributed by atoms with Crippen LogP contribution in [-0.4, -0.2) is 24.6 Å². The Bertz CT molecular complexity index is 459. The van der Waals surface area contributed by atoms with Gasteiger partial charge in [0.25, 0.3) is 0 Å². The van der Waals surface area contributed by atoms with Crippen LogP contribution in [0.1, 0.15) is 58.8 Å². The van der Waals surface area contributed by atoms with E-state index in [0.29, 0.717) is 0 Å². The molecule has 4 heteroatoms. The maximum atomic E-state index is 5.25. The minimum atomic E-state index is 0.766. The van der Waals surface area contributed by atoms with E-state index in [1.807, 2.05) is 0 Å². The standard InChI is InChI=1S/C21H32.C4H12N2S2.C2H2/c1-3-5-7-9-11-13-15-17-19-21-20-18-16-14-12-10-8-6-4-2;5-1-3-7-8-4-2-6;1-2/h5-8,11-14,17-20H,3-4,9-10,15-16,21H2,1-2H3;1-6H2;1-2H/b7-5-,8-6-,13-11-,14-12-,19-17-,20-18-;;. The molecule has 0 heterocycles. The molecule has 176 valence electrons. The van der Waals surface area contributed by atoms with Gasteiger partial charge in [-0.05, 0) is 44.9 Å². The van der Waals surface area contributed by atoms with Crippen molar-refractivity contribution in [1.82, 2.24) is 0 Å². The first kappa shape index (κ1) is 34.2. The van der Waals surface area contributed by atoms with E-state index in [1.54, 1.807) is 21.6 Å². The maximum Gasteiger partial charge on any atom is 0.0160 e. The lowest BCUT2D eigenvalue weighted by Gasteiger charge is -1.93. The molecular weight excluding hydrogens is 416 g/mol. The number of allylic oxidation sites excluding steroid dienone is 12. The van der Waals surface area contributed by atoms with Crippen molar-refractivity contribution >= 4 is 21.6 Å². The highest BCUT2D eigenvalue weighted by molar-refractivity contribution is 8.76. The van der Waals surface area contributed by atoms with Crippen LogP contribution in [0.4, 0.5) is 0 Å². The Morgan fingerprint density at radius 1 is 0.484 bits per heavy atom. The van der Waals surface area contributed by atoms with Gasteiger partial charge in [-0.2, -0.15) is 0 Å². The van der Waals surface area contributed by atoms with Crippen molar-refractivity contribution < 1.29 is 0 Å². The normalized spacial score (nSPS) is 11.7. The van der Waals surface area contributed by atoms with Crippen LogP contribution in [0.3, 0.4) is 0 Å². The Labute approximate surface area is 201 Å². The second-order valence-corrected chi connectivity index (χ2v) is 8.75. The quantitative estimate of drug-likeness (QED) is 0.101. The summed E-state index contributed by atoms with van der Waals surface area (Å²) in [4.78, 5) is 0. The third-order valence-corrected chi connectivity index (χ3v) is 5.79. The summed E-state index contributed by atoms with van der Waals surface area (Å²) in [6.45, 7) is 5.86. The summed E-state index contributed by atoms with van der Waals surface area (Å²) in [7, 11) is 3.58. The molecule has 0 amide bonds. The zero-order valence-corrected chi connectivity index (χ0v) is 21.5. The maximum absolute atomic E-state index is 5.25. The molecular formula is C27H46N2S2. The third-order valence-electron chi connectivity index (χ3n) is 3.32. The number of rotatable bonds is 17. The predicted molar refractivity (Wildman–Crippen MR) is 151 cm³/mol. The molecule has 0 aromatic carbocycles. The van der Waals surface area contributed by atoms with Crippen molar-refractivity contribution in [3.8, 4) is 12.8 Å². The number of nitrogens with two attached hydrogens (primary N) is 2. The van der Waals surface area contributed by atoms with Crippen LogP contribution >= 0.6 is 21.6 Å². The lowest BCUT2D eigenvalue weighted by Crippen LogP contribution is -2.02. The Hall–Kier alpha value is -1.38. The minimum absolute atomic E-state index is 0.766. The van der Waals surface area contributed by atoms with E-state index >= 15 is 0 Å². The molecule has 2 nitrogen and oxygen atoms in total. The van der Waals surface area contributed by atoms with Crippen molar-refractivity contribution in [2.75, 3.05) is 24.6 Å². The third kappa shape index (κ3) is 43.4. The molecule has 0 atom stereocenters. The summed E-state index contributed by atoms with van der Waals surface area (Å²) in [5, 5.41) is 0. The summed E-state index contributed by atoms with van der Waals surface area (Å²) < 4.78 is 0. The number of terminal acetylenes is 1. The van der Waals surface area contributed by atoms with Crippen LogP contribution in [0.25, 0.3) is 0 Å². The molecule has 0 rings (SSSR count). The highest BCUT2D eigenvalue weighted by Gasteiger charge is 1.84. The molecule has 0 aliphatic carbocycles. The van der Waals surface area contributed by atoms with Gasteiger partial charge in [-0.15, -0.1) is 12.8 Å². The Kier molecular flexibility index (Phi) is 43.2. The Balaban J connectivity index is -0.000000655. The molecule has 0 radical (unpaired) electrons. The topological polar surface area (TPSA) is 52.0 Å². The lowest BCUT2D eigenvalue weighted by molar-refractivity contribution is 1.15. The van der Waals surface area contributed by atoms with Crippen LogP contribution < -0.4 is 11.5 Å². The molecule has 0 aliphatic heterocycles. The summed E-state index contributed by atoms with van der Waals surface area (Å²) >= 11 is 0. The average Bonchev–Trinajstić information content (AvgIpc) is 2.81. The van der Waals surface area contributed by atoms with Crippen molar-refractivity contribution in [3.05, 3.63) is 72.9 Å². The monoisotopic (exact) mass is 462 g/mol. The van der Waals surface area contributed by atoms with Crippen molar-refractivity contribution in [2.24, 2.45) is 11.5 Å². The average molecular weight is 463 g/mol. The zero-order valence-electron chi connectivity index (χ0n) is 19.8. The molecule has 0 aromatic rings. The second kappa shape index (κ2) is 39.1. The van der Waals surface area contributed by atoms with Gasteiger partial charge in [0.1, 0.15) is 0 Å².